The number of urea groups is 1. The SMILES string of the molecule is Cn1ccnc1CCNC(=O)NC(C)(C(=O)O)C1CC1. The average molecular weight is 280 g/mol. The van der Waals surface area contributed by atoms with E-state index in [0.717, 1.165) is 18.7 Å². The molecule has 0 spiro atoms. The van der Waals surface area contributed by atoms with Crippen LogP contribution in [-0.4, -0.2) is 38.7 Å². The summed E-state index contributed by atoms with van der Waals surface area (Å²) in [7, 11) is 1.89. The number of aromatic nitrogens is 2. The van der Waals surface area contributed by atoms with Gasteiger partial charge in [-0.1, -0.05) is 0 Å². The van der Waals surface area contributed by atoms with Crippen LogP contribution in [0.2, 0.25) is 0 Å². The highest BCUT2D eigenvalue weighted by Gasteiger charge is 2.48. The van der Waals surface area contributed by atoms with Gasteiger partial charge in [0.15, 0.2) is 0 Å². The van der Waals surface area contributed by atoms with Crippen LogP contribution in [0.5, 0.6) is 0 Å². The van der Waals surface area contributed by atoms with Crippen LogP contribution in [0.4, 0.5) is 4.79 Å². The van der Waals surface area contributed by atoms with Gasteiger partial charge in [-0.25, -0.2) is 14.6 Å². The number of carboxylic acids is 1. The standard InChI is InChI=1S/C13H20N4O3/c1-13(11(18)19,9-3-4-9)16-12(20)15-6-5-10-14-7-8-17(10)2/h7-9H,3-6H2,1-2H3,(H,18,19)(H2,15,16,20). The highest BCUT2D eigenvalue weighted by atomic mass is 16.4. The lowest BCUT2D eigenvalue weighted by Gasteiger charge is -2.26. The molecule has 1 aromatic heterocycles. The summed E-state index contributed by atoms with van der Waals surface area (Å²) >= 11 is 0. The van der Waals surface area contributed by atoms with Gasteiger partial charge in [-0.2, -0.15) is 0 Å². The maximum Gasteiger partial charge on any atom is 0.329 e. The van der Waals surface area contributed by atoms with E-state index in [-0.39, 0.29) is 5.92 Å². The first-order valence-electron chi connectivity index (χ1n) is 6.69. The molecule has 7 heteroatoms. The van der Waals surface area contributed by atoms with Gasteiger partial charge in [0.2, 0.25) is 0 Å². The van der Waals surface area contributed by atoms with Crippen molar-refractivity contribution in [1.82, 2.24) is 20.2 Å². The van der Waals surface area contributed by atoms with E-state index in [0.29, 0.717) is 13.0 Å². The highest BCUT2D eigenvalue weighted by molar-refractivity contribution is 5.86. The molecule has 1 unspecified atom stereocenters. The number of aliphatic carboxylic acids is 1. The van der Waals surface area contributed by atoms with E-state index in [1.807, 2.05) is 17.8 Å². The molecule has 1 heterocycles. The molecule has 0 radical (unpaired) electrons. The summed E-state index contributed by atoms with van der Waals surface area (Å²) in [5.74, 6) is -0.0898. The van der Waals surface area contributed by atoms with Gasteiger partial charge in [0, 0.05) is 32.4 Å². The molecule has 2 amide bonds. The average Bonchev–Trinajstić information content (AvgIpc) is 3.15. The summed E-state index contributed by atoms with van der Waals surface area (Å²) in [5, 5.41) is 14.5. The molecule has 20 heavy (non-hydrogen) atoms. The molecule has 110 valence electrons. The monoisotopic (exact) mass is 280 g/mol. The smallest absolute Gasteiger partial charge is 0.329 e. The number of nitrogens with zero attached hydrogens (tertiary/aromatic N) is 2. The van der Waals surface area contributed by atoms with Crippen LogP contribution in [0.15, 0.2) is 12.4 Å². The quantitative estimate of drug-likeness (QED) is 0.707. The maximum absolute atomic E-state index is 11.8. The molecule has 0 aromatic carbocycles. The number of aryl methyl sites for hydroxylation is 1. The second kappa shape index (κ2) is 5.52. The summed E-state index contributed by atoms with van der Waals surface area (Å²) in [6.07, 6.45) is 5.82. The zero-order valence-electron chi connectivity index (χ0n) is 11.7. The minimum Gasteiger partial charge on any atom is -0.480 e. The maximum atomic E-state index is 11.8. The van der Waals surface area contributed by atoms with Crippen molar-refractivity contribution in [3.63, 3.8) is 0 Å². The van der Waals surface area contributed by atoms with Crippen molar-refractivity contribution >= 4 is 12.0 Å². The van der Waals surface area contributed by atoms with Crippen molar-refractivity contribution in [2.45, 2.75) is 31.7 Å². The summed E-state index contributed by atoms with van der Waals surface area (Å²) in [5.41, 5.74) is -1.17. The van der Waals surface area contributed by atoms with Crippen molar-refractivity contribution < 1.29 is 14.7 Å². The Balaban J connectivity index is 1.80. The molecule has 3 N–H and O–H groups in total. The fraction of sp³-hybridized carbons (Fsp3) is 0.615. The largest absolute Gasteiger partial charge is 0.480 e. The third-order valence-corrected chi connectivity index (χ3v) is 3.77. The first-order valence-corrected chi connectivity index (χ1v) is 6.69. The number of carbonyl (C=O) groups is 2. The molecule has 1 atom stereocenters. The molecule has 7 nitrogen and oxygen atoms in total. The third kappa shape index (κ3) is 3.09. The summed E-state index contributed by atoms with van der Waals surface area (Å²) in [6.45, 7) is 1.97. The van der Waals surface area contributed by atoms with Crippen LogP contribution < -0.4 is 10.6 Å². The molecule has 0 saturated heterocycles. The van der Waals surface area contributed by atoms with E-state index >= 15 is 0 Å². The van der Waals surface area contributed by atoms with Gasteiger partial charge in [0.25, 0.3) is 0 Å². The molecule has 0 aliphatic heterocycles. The van der Waals surface area contributed by atoms with Crippen molar-refractivity contribution in [2.75, 3.05) is 6.54 Å². The summed E-state index contributed by atoms with van der Waals surface area (Å²) < 4.78 is 1.88. The van der Waals surface area contributed by atoms with Gasteiger partial charge in [0.05, 0.1) is 0 Å². The second-order valence-electron chi connectivity index (χ2n) is 5.37. The topological polar surface area (TPSA) is 96.3 Å². The van der Waals surface area contributed by atoms with Gasteiger partial charge in [-0.15, -0.1) is 0 Å². The Bertz CT molecular complexity index is 509. The van der Waals surface area contributed by atoms with E-state index in [4.69, 9.17) is 0 Å². The van der Waals surface area contributed by atoms with E-state index in [1.165, 1.54) is 0 Å². The summed E-state index contributed by atoms with van der Waals surface area (Å²) in [6, 6.07) is -0.448. The van der Waals surface area contributed by atoms with E-state index < -0.39 is 17.5 Å². The predicted octanol–water partition coefficient (Wildman–Crippen LogP) is 0.515. The molecular formula is C13H20N4O3. The first kappa shape index (κ1) is 14.4. The second-order valence-corrected chi connectivity index (χ2v) is 5.37. The van der Waals surface area contributed by atoms with Gasteiger partial charge in [-0.05, 0) is 25.7 Å². The van der Waals surface area contributed by atoms with Crippen LogP contribution in [0.3, 0.4) is 0 Å². The van der Waals surface area contributed by atoms with Gasteiger partial charge in [0.1, 0.15) is 11.4 Å². The molecule has 1 saturated carbocycles. The van der Waals surface area contributed by atoms with Gasteiger partial charge in [-0.3, -0.25) is 0 Å². The van der Waals surface area contributed by atoms with Gasteiger partial charge < -0.3 is 20.3 Å². The number of nitrogens with one attached hydrogen (secondary N) is 2. The lowest BCUT2D eigenvalue weighted by atomic mass is 9.96. The predicted molar refractivity (Wildman–Crippen MR) is 72.2 cm³/mol. The molecule has 1 fully saturated rings. The Morgan fingerprint density at radius 3 is 2.75 bits per heavy atom. The zero-order chi connectivity index (χ0) is 14.8. The highest BCUT2D eigenvalue weighted by Crippen LogP contribution is 2.39. The van der Waals surface area contributed by atoms with E-state index in [2.05, 4.69) is 15.6 Å². The minimum absolute atomic E-state index is 0.0280. The van der Waals surface area contributed by atoms with Crippen LogP contribution in [0.1, 0.15) is 25.6 Å². The normalized spacial score (nSPS) is 17.3. The number of imidazole rings is 1. The Hall–Kier alpha value is -2.05. The lowest BCUT2D eigenvalue weighted by molar-refractivity contribution is -0.144. The van der Waals surface area contributed by atoms with E-state index in [1.54, 1.807) is 13.1 Å². The number of rotatable bonds is 6. The Kier molecular flexibility index (Phi) is 3.96. The fourth-order valence-electron chi connectivity index (χ4n) is 2.20. The molecule has 2 rings (SSSR count). The molecule has 1 aromatic rings. The summed E-state index contributed by atoms with van der Waals surface area (Å²) in [4.78, 5) is 27.2. The Morgan fingerprint density at radius 2 is 2.25 bits per heavy atom. The minimum atomic E-state index is -1.17. The van der Waals surface area contributed by atoms with Crippen molar-refractivity contribution in [1.29, 1.82) is 0 Å². The number of amides is 2. The lowest BCUT2D eigenvalue weighted by Crippen LogP contribution is -2.56. The van der Waals surface area contributed by atoms with Crippen molar-refractivity contribution in [2.24, 2.45) is 13.0 Å². The molecule has 1 aliphatic rings. The van der Waals surface area contributed by atoms with Crippen LogP contribution in [0, 0.1) is 5.92 Å². The van der Waals surface area contributed by atoms with E-state index in [9.17, 15) is 14.7 Å². The fourth-order valence-corrected chi connectivity index (χ4v) is 2.20. The molecule has 0 bridgehead atoms. The number of carbonyl (C=O) groups excluding carboxylic acids is 1. The van der Waals surface area contributed by atoms with Crippen LogP contribution in [0.25, 0.3) is 0 Å². The van der Waals surface area contributed by atoms with Crippen LogP contribution >= 0.6 is 0 Å². The Labute approximate surface area is 117 Å². The van der Waals surface area contributed by atoms with Crippen molar-refractivity contribution in [3.8, 4) is 0 Å². The van der Waals surface area contributed by atoms with Gasteiger partial charge >= 0.3 is 12.0 Å². The third-order valence-electron chi connectivity index (χ3n) is 3.77. The Morgan fingerprint density at radius 1 is 1.55 bits per heavy atom. The van der Waals surface area contributed by atoms with Crippen molar-refractivity contribution in [3.05, 3.63) is 18.2 Å². The zero-order valence-corrected chi connectivity index (χ0v) is 11.7. The first-order chi connectivity index (χ1) is 9.43. The van der Waals surface area contributed by atoms with Crippen LogP contribution in [-0.2, 0) is 18.3 Å². The molecule has 1 aliphatic carbocycles. The number of hydrogen-bond donors (Lipinski definition) is 3. The molecular weight excluding hydrogens is 260 g/mol. The number of carboxylic acid groups (broad SMARTS) is 1. The number of hydrogen-bond acceptors (Lipinski definition) is 3.